The van der Waals surface area contributed by atoms with Crippen molar-refractivity contribution in [2.45, 2.75) is 25.4 Å². The molecule has 3 rings (SSSR count). The van der Waals surface area contributed by atoms with Crippen molar-refractivity contribution < 1.29 is 9.90 Å². The molecule has 0 saturated carbocycles. The molecule has 0 saturated heterocycles. The highest BCUT2D eigenvalue weighted by Crippen LogP contribution is 2.34. The van der Waals surface area contributed by atoms with Crippen LogP contribution in [0, 0.1) is 0 Å². The molecule has 3 N–H and O–H groups in total. The van der Waals surface area contributed by atoms with E-state index < -0.39 is 5.97 Å². The summed E-state index contributed by atoms with van der Waals surface area (Å²) in [4.78, 5) is 15.6. The maximum absolute atomic E-state index is 11.4. The summed E-state index contributed by atoms with van der Waals surface area (Å²) in [6.45, 7) is 0. The second-order valence-electron chi connectivity index (χ2n) is 4.85. The first kappa shape index (κ1) is 13.1. The van der Waals surface area contributed by atoms with Crippen LogP contribution < -0.4 is 5.73 Å². The van der Waals surface area contributed by atoms with Gasteiger partial charge in [0.05, 0.1) is 16.9 Å². The third-order valence-corrected chi connectivity index (χ3v) is 3.90. The molecule has 5 nitrogen and oxygen atoms in total. The molecule has 0 amide bonds. The smallest absolute Gasteiger partial charge is 0.356 e. The van der Waals surface area contributed by atoms with Crippen LogP contribution in [-0.4, -0.2) is 20.6 Å². The molecule has 20 heavy (non-hydrogen) atoms. The van der Waals surface area contributed by atoms with E-state index in [0.717, 1.165) is 12.8 Å². The maximum Gasteiger partial charge on any atom is 0.356 e. The van der Waals surface area contributed by atoms with E-state index in [0.29, 0.717) is 28.5 Å². The highest BCUT2D eigenvalue weighted by Gasteiger charge is 2.28. The van der Waals surface area contributed by atoms with Crippen LogP contribution >= 0.6 is 11.6 Å². The number of nitrogens with zero attached hydrogens (tertiary/aromatic N) is 2. The van der Waals surface area contributed by atoms with Crippen molar-refractivity contribution in [3.05, 3.63) is 40.7 Å². The van der Waals surface area contributed by atoms with Gasteiger partial charge in [0.2, 0.25) is 0 Å². The summed E-state index contributed by atoms with van der Waals surface area (Å²) < 4.78 is 1.81. The predicted molar refractivity (Wildman–Crippen MR) is 75.8 cm³/mol. The fourth-order valence-electron chi connectivity index (χ4n) is 2.67. The van der Waals surface area contributed by atoms with Crippen molar-refractivity contribution in [2.24, 2.45) is 5.73 Å². The summed E-state index contributed by atoms with van der Waals surface area (Å²) >= 11 is 6.20. The lowest BCUT2D eigenvalue weighted by atomic mass is 10.1. The summed E-state index contributed by atoms with van der Waals surface area (Å²) in [5.74, 6) is -0.489. The Morgan fingerprint density at radius 3 is 2.90 bits per heavy atom. The SMILES string of the molecule is NC1CCCc2c(C(=O)O)nc(-c3ccccc3Cl)n21. The van der Waals surface area contributed by atoms with Gasteiger partial charge in [0.15, 0.2) is 5.69 Å². The van der Waals surface area contributed by atoms with Crippen molar-refractivity contribution in [2.75, 3.05) is 0 Å². The van der Waals surface area contributed by atoms with Crippen LogP contribution in [-0.2, 0) is 6.42 Å². The Balaban J connectivity index is 2.26. The summed E-state index contributed by atoms with van der Waals surface area (Å²) in [5.41, 5.74) is 7.61. The van der Waals surface area contributed by atoms with Gasteiger partial charge in [-0.05, 0) is 31.4 Å². The third kappa shape index (κ3) is 1.99. The van der Waals surface area contributed by atoms with Gasteiger partial charge in [-0.15, -0.1) is 0 Å². The van der Waals surface area contributed by atoms with Crippen LogP contribution in [0.5, 0.6) is 0 Å². The molecule has 2 aromatic rings. The molecule has 1 atom stereocenters. The lowest BCUT2D eigenvalue weighted by molar-refractivity contribution is 0.0689. The molecule has 1 aliphatic rings. The monoisotopic (exact) mass is 291 g/mol. The standard InChI is InChI=1S/C14H14ClN3O2/c15-9-5-2-1-4-8(9)13-17-12(14(19)20)10-6-3-7-11(16)18(10)13/h1-2,4-5,11H,3,6-7,16H2,(H,19,20). The van der Waals surface area contributed by atoms with E-state index in [1.54, 1.807) is 6.07 Å². The highest BCUT2D eigenvalue weighted by atomic mass is 35.5. The van der Waals surface area contributed by atoms with E-state index in [9.17, 15) is 9.90 Å². The summed E-state index contributed by atoms with van der Waals surface area (Å²) in [7, 11) is 0. The van der Waals surface area contributed by atoms with Crippen molar-refractivity contribution in [3.8, 4) is 11.4 Å². The summed E-state index contributed by atoms with van der Waals surface area (Å²) in [6, 6.07) is 7.25. The van der Waals surface area contributed by atoms with Gasteiger partial charge < -0.3 is 15.4 Å². The number of aromatic nitrogens is 2. The van der Waals surface area contributed by atoms with E-state index in [2.05, 4.69) is 4.98 Å². The lowest BCUT2D eigenvalue weighted by Crippen LogP contribution is -2.26. The molecular formula is C14H14ClN3O2. The van der Waals surface area contributed by atoms with E-state index in [4.69, 9.17) is 17.3 Å². The number of benzene rings is 1. The number of aromatic carboxylic acids is 1. The Morgan fingerprint density at radius 1 is 1.45 bits per heavy atom. The van der Waals surface area contributed by atoms with E-state index in [1.165, 1.54) is 0 Å². The number of carboxylic acids is 1. The average Bonchev–Trinajstić information content (AvgIpc) is 2.80. The Bertz CT molecular complexity index is 681. The van der Waals surface area contributed by atoms with Crippen molar-refractivity contribution in [1.82, 2.24) is 9.55 Å². The number of carbonyl (C=O) groups is 1. The number of hydrogen-bond acceptors (Lipinski definition) is 3. The van der Waals surface area contributed by atoms with Gasteiger partial charge >= 0.3 is 5.97 Å². The first-order valence-electron chi connectivity index (χ1n) is 6.44. The van der Waals surface area contributed by atoms with Crippen LogP contribution in [0.4, 0.5) is 0 Å². The number of fused-ring (bicyclic) bond motifs is 1. The fraction of sp³-hybridized carbons (Fsp3) is 0.286. The van der Waals surface area contributed by atoms with Crippen LogP contribution in [0.2, 0.25) is 5.02 Å². The number of carboxylic acid groups (broad SMARTS) is 1. The zero-order chi connectivity index (χ0) is 14.3. The van der Waals surface area contributed by atoms with Gasteiger partial charge in [0.25, 0.3) is 0 Å². The second-order valence-corrected chi connectivity index (χ2v) is 5.25. The second kappa shape index (κ2) is 4.92. The van der Waals surface area contributed by atoms with Crippen LogP contribution in [0.1, 0.15) is 35.2 Å². The number of rotatable bonds is 2. The minimum absolute atomic E-state index is 0.0788. The van der Waals surface area contributed by atoms with Gasteiger partial charge in [0, 0.05) is 5.56 Å². The summed E-state index contributed by atoms with van der Waals surface area (Å²) in [6.07, 6.45) is 2.09. The topological polar surface area (TPSA) is 81.1 Å². The van der Waals surface area contributed by atoms with E-state index in [1.807, 2.05) is 22.8 Å². The fourth-order valence-corrected chi connectivity index (χ4v) is 2.89. The largest absolute Gasteiger partial charge is 0.476 e. The molecule has 1 aromatic heterocycles. The Morgan fingerprint density at radius 2 is 2.20 bits per heavy atom. The molecule has 0 spiro atoms. The third-order valence-electron chi connectivity index (χ3n) is 3.57. The van der Waals surface area contributed by atoms with E-state index >= 15 is 0 Å². The normalized spacial score (nSPS) is 17.8. The number of halogens is 1. The molecule has 1 aromatic carbocycles. The predicted octanol–water partition coefficient (Wildman–Crippen LogP) is 2.70. The zero-order valence-electron chi connectivity index (χ0n) is 10.7. The molecule has 0 fully saturated rings. The molecule has 1 aliphatic heterocycles. The minimum Gasteiger partial charge on any atom is -0.476 e. The van der Waals surface area contributed by atoms with Gasteiger partial charge in [-0.25, -0.2) is 9.78 Å². The van der Waals surface area contributed by atoms with Gasteiger partial charge in [-0.1, -0.05) is 23.7 Å². The van der Waals surface area contributed by atoms with Crippen LogP contribution in [0.3, 0.4) is 0 Å². The van der Waals surface area contributed by atoms with Gasteiger partial charge in [-0.3, -0.25) is 0 Å². The lowest BCUT2D eigenvalue weighted by Gasteiger charge is -2.24. The molecule has 0 bridgehead atoms. The van der Waals surface area contributed by atoms with Crippen LogP contribution in [0.25, 0.3) is 11.4 Å². The summed E-state index contributed by atoms with van der Waals surface area (Å²) in [5, 5.41) is 9.84. The molecular weight excluding hydrogens is 278 g/mol. The molecule has 104 valence electrons. The number of nitrogens with two attached hydrogens (primary N) is 1. The maximum atomic E-state index is 11.4. The Labute approximate surface area is 121 Å². The first-order chi connectivity index (χ1) is 9.59. The van der Waals surface area contributed by atoms with Gasteiger partial charge in [-0.2, -0.15) is 0 Å². The molecule has 0 aliphatic carbocycles. The molecule has 6 heteroatoms. The van der Waals surface area contributed by atoms with Crippen LogP contribution in [0.15, 0.2) is 24.3 Å². The Hall–Kier alpha value is -1.85. The Kier molecular flexibility index (Phi) is 3.23. The van der Waals surface area contributed by atoms with Gasteiger partial charge in [0.1, 0.15) is 5.82 Å². The minimum atomic E-state index is -1.03. The number of imidazole rings is 1. The quantitative estimate of drug-likeness (QED) is 0.891. The van der Waals surface area contributed by atoms with Crippen molar-refractivity contribution >= 4 is 17.6 Å². The molecule has 2 heterocycles. The zero-order valence-corrected chi connectivity index (χ0v) is 11.5. The number of hydrogen-bond donors (Lipinski definition) is 2. The highest BCUT2D eigenvalue weighted by molar-refractivity contribution is 6.33. The van der Waals surface area contributed by atoms with Crippen molar-refractivity contribution in [1.29, 1.82) is 0 Å². The first-order valence-corrected chi connectivity index (χ1v) is 6.82. The molecule has 1 unspecified atom stereocenters. The van der Waals surface area contributed by atoms with Crippen molar-refractivity contribution in [3.63, 3.8) is 0 Å². The van der Waals surface area contributed by atoms with E-state index in [-0.39, 0.29) is 11.9 Å². The average molecular weight is 292 g/mol. The molecule has 0 radical (unpaired) electrons.